The minimum atomic E-state index is -0.196. The number of hydrogen-bond acceptors (Lipinski definition) is 4. The molecule has 96 valence electrons. The van der Waals surface area contributed by atoms with Crippen LogP contribution in [0, 0.1) is 0 Å². The van der Waals surface area contributed by atoms with Gasteiger partial charge < -0.3 is 19.9 Å². The molecule has 4 nitrogen and oxygen atoms in total. The number of halogens is 1. The molecule has 0 heterocycles. The second-order valence-corrected chi connectivity index (χ2v) is 3.98. The normalized spacial score (nSPS) is 12.5. The van der Waals surface area contributed by atoms with Gasteiger partial charge in [0.25, 0.3) is 0 Å². The highest BCUT2D eigenvalue weighted by Crippen LogP contribution is 2.27. The van der Waals surface area contributed by atoms with E-state index >= 15 is 0 Å². The topological polar surface area (TPSA) is 53.7 Å². The van der Waals surface area contributed by atoms with Crippen molar-refractivity contribution < 1.29 is 14.2 Å². The lowest BCUT2D eigenvalue weighted by Gasteiger charge is -2.14. The molecule has 1 aromatic carbocycles. The SMILES string of the molecule is COCCOCC(N)c1ccc(Cl)c(OC)c1. The quantitative estimate of drug-likeness (QED) is 0.761. The summed E-state index contributed by atoms with van der Waals surface area (Å²) in [6, 6.07) is 5.27. The highest BCUT2D eigenvalue weighted by atomic mass is 35.5. The van der Waals surface area contributed by atoms with Crippen molar-refractivity contribution in [2.75, 3.05) is 34.0 Å². The second-order valence-electron chi connectivity index (χ2n) is 3.57. The van der Waals surface area contributed by atoms with Crippen LogP contribution in [0.5, 0.6) is 5.75 Å². The standard InChI is InChI=1S/C12H18ClNO3/c1-15-5-6-17-8-11(14)9-3-4-10(13)12(7-9)16-2/h3-4,7,11H,5-6,8,14H2,1-2H3. The highest BCUT2D eigenvalue weighted by Gasteiger charge is 2.09. The maximum atomic E-state index is 5.99. The lowest BCUT2D eigenvalue weighted by Crippen LogP contribution is -2.18. The summed E-state index contributed by atoms with van der Waals surface area (Å²) in [6.07, 6.45) is 0. The molecule has 0 bridgehead atoms. The van der Waals surface area contributed by atoms with Crippen LogP contribution < -0.4 is 10.5 Å². The van der Waals surface area contributed by atoms with Crippen LogP contribution in [0.2, 0.25) is 5.02 Å². The van der Waals surface area contributed by atoms with Crippen molar-refractivity contribution in [2.24, 2.45) is 5.73 Å². The summed E-state index contributed by atoms with van der Waals surface area (Å²) in [4.78, 5) is 0. The van der Waals surface area contributed by atoms with Gasteiger partial charge in [-0.15, -0.1) is 0 Å². The van der Waals surface area contributed by atoms with Gasteiger partial charge in [0.2, 0.25) is 0 Å². The molecule has 0 aliphatic carbocycles. The average Bonchev–Trinajstić information content (AvgIpc) is 2.35. The number of hydrogen-bond donors (Lipinski definition) is 1. The molecule has 17 heavy (non-hydrogen) atoms. The molecule has 0 spiro atoms. The minimum Gasteiger partial charge on any atom is -0.495 e. The van der Waals surface area contributed by atoms with Crippen molar-refractivity contribution in [3.05, 3.63) is 28.8 Å². The molecule has 1 atom stereocenters. The predicted octanol–water partition coefficient (Wildman–Crippen LogP) is 2.01. The zero-order valence-corrected chi connectivity index (χ0v) is 10.9. The summed E-state index contributed by atoms with van der Waals surface area (Å²) in [5.74, 6) is 0.622. The molecule has 0 aliphatic heterocycles. The fraction of sp³-hybridized carbons (Fsp3) is 0.500. The van der Waals surface area contributed by atoms with Crippen molar-refractivity contribution >= 4 is 11.6 Å². The molecule has 0 amide bonds. The molecule has 2 N–H and O–H groups in total. The van der Waals surface area contributed by atoms with Gasteiger partial charge in [-0.25, -0.2) is 0 Å². The van der Waals surface area contributed by atoms with Gasteiger partial charge >= 0.3 is 0 Å². The van der Waals surface area contributed by atoms with Gasteiger partial charge in [-0.2, -0.15) is 0 Å². The number of ether oxygens (including phenoxy) is 3. The third kappa shape index (κ3) is 4.52. The molecular weight excluding hydrogens is 242 g/mol. The van der Waals surface area contributed by atoms with Gasteiger partial charge in [0.15, 0.2) is 0 Å². The van der Waals surface area contributed by atoms with Gasteiger partial charge in [-0.05, 0) is 17.7 Å². The zero-order chi connectivity index (χ0) is 12.7. The third-order valence-electron chi connectivity index (χ3n) is 2.33. The van der Waals surface area contributed by atoms with Crippen molar-refractivity contribution in [1.82, 2.24) is 0 Å². The van der Waals surface area contributed by atoms with Crippen LogP contribution in [-0.2, 0) is 9.47 Å². The molecule has 0 radical (unpaired) electrons. The summed E-state index contributed by atoms with van der Waals surface area (Å²) in [5.41, 5.74) is 6.92. The Morgan fingerprint density at radius 3 is 2.71 bits per heavy atom. The Morgan fingerprint density at radius 2 is 2.06 bits per heavy atom. The van der Waals surface area contributed by atoms with E-state index in [1.54, 1.807) is 20.3 Å². The van der Waals surface area contributed by atoms with Gasteiger partial charge in [0.05, 0.1) is 38.0 Å². The molecule has 0 aliphatic rings. The van der Waals surface area contributed by atoms with Crippen LogP contribution in [0.1, 0.15) is 11.6 Å². The van der Waals surface area contributed by atoms with Crippen LogP contribution in [0.4, 0.5) is 0 Å². The van der Waals surface area contributed by atoms with E-state index in [2.05, 4.69) is 0 Å². The monoisotopic (exact) mass is 259 g/mol. The molecule has 1 unspecified atom stereocenters. The first-order valence-electron chi connectivity index (χ1n) is 5.34. The van der Waals surface area contributed by atoms with Crippen LogP contribution in [0.3, 0.4) is 0 Å². The Balaban J connectivity index is 2.53. The number of nitrogens with two attached hydrogens (primary N) is 1. The van der Waals surface area contributed by atoms with E-state index in [1.807, 2.05) is 12.1 Å². The molecule has 0 aromatic heterocycles. The Labute approximate surface area is 107 Å². The molecule has 1 rings (SSSR count). The van der Waals surface area contributed by atoms with E-state index in [9.17, 15) is 0 Å². The predicted molar refractivity (Wildman–Crippen MR) is 67.6 cm³/mol. The fourth-order valence-electron chi connectivity index (χ4n) is 1.36. The third-order valence-corrected chi connectivity index (χ3v) is 2.64. The van der Waals surface area contributed by atoms with E-state index in [0.717, 1.165) is 5.56 Å². The van der Waals surface area contributed by atoms with Gasteiger partial charge in [-0.3, -0.25) is 0 Å². The van der Waals surface area contributed by atoms with Crippen LogP contribution in [0.25, 0.3) is 0 Å². The Morgan fingerprint density at radius 1 is 1.29 bits per heavy atom. The van der Waals surface area contributed by atoms with Crippen molar-refractivity contribution in [2.45, 2.75) is 6.04 Å². The van der Waals surface area contributed by atoms with Gasteiger partial charge in [-0.1, -0.05) is 17.7 Å². The summed E-state index contributed by atoms with van der Waals surface area (Å²) < 4.78 is 15.4. The number of benzene rings is 1. The van der Waals surface area contributed by atoms with Gasteiger partial charge in [0, 0.05) is 7.11 Å². The first kappa shape index (κ1) is 14.3. The maximum absolute atomic E-state index is 5.99. The molecule has 0 fully saturated rings. The van der Waals surface area contributed by atoms with Crippen molar-refractivity contribution in [3.8, 4) is 5.75 Å². The highest BCUT2D eigenvalue weighted by molar-refractivity contribution is 6.32. The summed E-state index contributed by atoms with van der Waals surface area (Å²) in [7, 11) is 3.21. The number of rotatable bonds is 7. The van der Waals surface area contributed by atoms with E-state index in [-0.39, 0.29) is 6.04 Å². The van der Waals surface area contributed by atoms with Crippen LogP contribution in [0.15, 0.2) is 18.2 Å². The Kier molecular flexibility index (Phi) is 6.29. The average molecular weight is 260 g/mol. The van der Waals surface area contributed by atoms with E-state index < -0.39 is 0 Å². The van der Waals surface area contributed by atoms with Crippen molar-refractivity contribution in [1.29, 1.82) is 0 Å². The van der Waals surface area contributed by atoms with Crippen LogP contribution >= 0.6 is 11.6 Å². The molecule has 1 aromatic rings. The minimum absolute atomic E-state index is 0.196. The number of methoxy groups -OCH3 is 2. The first-order chi connectivity index (χ1) is 8.19. The molecule has 5 heteroatoms. The first-order valence-corrected chi connectivity index (χ1v) is 5.72. The molecular formula is C12H18ClNO3. The second kappa shape index (κ2) is 7.50. The van der Waals surface area contributed by atoms with E-state index in [1.165, 1.54) is 0 Å². The summed E-state index contributed by atoms with van der Waals surface area (Å²) in [5, 5.41) is 0.573. The van der Waals surface area contributed by atoms with E-state index in [0.29, 0.717) is 30.6 Å². The lowest BCUT2D eigenvalue weighted by atomic mass is 10.1. The fourth-order valence-corrected chi connectivity index (χ4v) is 1.55. The van der Waals surface area contributed by atoms with E-state index in [4.69, 9.17) is 31.5 Å². The molecule has 0 saturated carbocycles. The Hall–Kier alpha value is -0.810. The summed E-state index contributed by atoms with van der Waals surface area (Å²) >= 11 is 5.93. The van der Waals surface area contributed by atoms with Crippen LogP contribution in [-0.4, -0.2) is 34.0 Å². The maximum Gasteiger partial charge on any atom is 0.137 e. The lowest BCUT2D eigenvalue weighted by molar-refractivity contribution is 0.0636. The van der Waals surface area contributed by atoms with Crippen molar-refractivity contribution in [3.63, 3.8) is 0 Å². The smallest absolute Gasteiger partial charge is 0.137 e. The van der Waals surface area contributed by atoms with Gasteiger partial charge in [0.1, 0.15) is 5.75 Å². The largest absolute Gasteiger partial charge is 0.495 e. The Bertz CT molecular complexity index is 347. The summed E-state index contributed by atoms with van der Waals surface area (Å²) in [6.45, 7) is 1.54. The zero-order valence-electron chi connectivity index (χ0n) is 10.1. The molecule has 0 saturated heterocycles.